The molecule has 2 saturated heterocycles. The Balaban J connectivity index is 2.16. The summed E-state index contributed by atoms with van der Waals surface area (Å²) in [5, 5.41) is 16.3. The smallest absolute Gasteiger partial charge is 0.252 e. The van der Waals surface area contributed by atoms with Crippen LogP contribution in [0, 0.1) is 5.41 Å². The van der Waals surface area contributed by atoms with Gasteiger partial charge in [0.05, 0.1) is 0 Å². The fourth-order valence-corrected chi connectivity index (χ4v) is 3.34. The SMILES string of the molecule is CO[C@@H](C(=O)N[C@H]1CCCNC1=O)[C@@H]1OC(C)(C)O[C@@H](/C=C/C(C)(C)C)[C@@H]1O. The van der Waals surface area contributed by atoms with Crippen molar-refractivity contribution in [1.29, 1.82) is 0 Å². The Morgan fingerprint density at radius 1 is 1.39 bits per heavy atom. The Labute approximate surface area is 167 Å². The number of carbonyl (C=O) groups excluding carboxylic acids is 2. The predicted octanol–water partition coefficient (Wildman–Crippen LogP) is 0.880. The largest absolute Gasteiger partial charge is 0.387 e. The van der Waals surface area contributed by atoms with Gasteiger partial charge in [0.15, 0.2) is 11.9 Å². The maximum Gasteiger partial charge on any atom is 0.252 e. The topological polar surface area (TPSA) is 106 Å². The quantitative estimate of drug-likeness (QED) is 0.594. The number of aliphatic hydroxyl groups is 1. The molecule has 2 rings (SSSR count). The molecule has 0 bridgehead atoms. The van der Waals surface area contributed by atoms with Crippen LogP contribution in [0.4, 0.5) is 0 Å². The number of aliphatic hydroxyl groups excluding tert-OH is 1. The van der Waals surface area contributed by atoms with Crippen LogP contribution >= 0.6 is 0 Å². The fourth-order valence-electron chi connectivity index (χ4n) is 3.34. The Kier molecular flexibility index (Phi) is 7.25. The lowest BCUT2D eigenvalue weighted by molar-refractivity contribution is -0.334. The van der Waals surface area contributed by atoms with Gasteiger partial charge in [0, 0.05) is 13.7 Å². The van der Waals surface area contributed by atoms with E-state index in [9.17, 15) is 14.7 Å². The van der Waals surface area contributed by atoms with Crippen molar-refractivity contribution < 1.29 is 28.9 Å². The number of nitrogens with one attached hydrogen (secondary N) is 2. The van der Waals surface area contributed by atoms with Crippen LogP contribution in [0.3, 0.4) is 0 Å². The van der Waals surface area contributed by atoms with E-state index in [0.717, 1.165) is 6.42 Å². The molecular formula is C20H34N2O6. The minimum atomic E-state index is -1.11. The van der Waals surface area contributed by atoms with Crippen molar-refractivity contribution in [3.8, 4) is 0 Å². The average molecular weight is 399 g/mol. The first-order valence-electron chi connectivity index (χ1n) is 9.77. The summed E-state index contributed by atoms with van der Waals surface area (Å²) < 4.78 is 17.1. The highest BCUT2D eigenvalue weighted by molar-refractivity contribution is 5.90. The predicted molar refractivity (Wildman–Crippen MR) is 103 cm³/mol. The Hall–Kier alpha value is -1.48. The van der Waals surface area contributed by atoms with Gasteiger partial charge in [-0.05, 0) is 32.1 Å². The standard InChI is InChI=1S/C20H34N2O6/c1-19(2,3)10-9-13-14(23)15(28-20(4,5)27-13)16(26-6)18(25)22-12-8-7-11-21-17(12)24/h9-10,12-16,23H,7-8,11H2,1-6H3,(H,21,24)(H,22,25)/b10-9+/t12-,13-,14-,15+,16+/m0/s1. The Morgan fingerprint density at radius 2 is 2.07 bits per heavy atom. The van der Waals surface area contributed by atoms with Crippen molar-refractivity contribution in [2.75, 3.05) is 13.7 Å². The summed E-state index contributed by atoms with van der Waals surface area (Å²) >= 11 is 0. The molecule has 160 valence electrons. The second kappa shape index (κ2) is 8.90. The minimum Gasteiger partial charge on any atom is -0.387 e. The lowest BCUT2D eigenvalue weighted by Crippen LogP contribution is -2.62. The van der Waals surface area contributed by atoms with E-state index >= 15 is 0 Å². The van der Waals surface area contributed by atoms with E-state index in [1.165, 1.54) is 7.11 Å². The van der Waals surface area contributed by atoms with Gasteiger partial charge in [-0.2, -0.15) is 0 Å². The maximum absolute atomic E-state index is 12.8. The number of methoxy groups -OCH3 is 1. The van der Waals surface area contributed by atoms with Gasteiger partial charge >= 0.3 is 0 Å². The normalized spacial score (nSPS) is 32.0. The van der Waals surface area contributed by atoms with Gasteiger partial charge in [0.25, 0.3) is 5.91 Å². The van der Waals surface area contributed by atoms with Crippen LogP contribution in [0.2, 0.25) is 0 Å². The molecule has 2 heterocycles. The summed E-state index contributed by atoms with van der Waals surface area (Å²) in [6, 6.07) is -0.611. The molecule has 5 atom stereocenters. The van der Waals surface area contributed by atoms with Crippen molar-refractivity contribution in [2.24, 2.45) is 5.41 Å². The summed E-state index contributed by atoms with van der Waals surface area (Å²) in [4.78, 5) is 24.7. The van der Waals surface area contributed by atoms with Gasteiger partial charge in [-0.15, -0.1) is 0 Å². The van der Waals surface area contributed by atoms with Crippen molar-refractivity contribution in [1.82, 2.24) is 10.6 Å². The molecule has 2 amide bonds. The van der Waals surface area contributed by atoms with Crippen molar-refractivity contribution in [3.63, 3.8) is 0 Å². The first-order valence-corrected chi connectivity index (χ1v) is 9.77. The second-order valence-corrected chi connectivity index (χ2v) is 8.93. The number of hydrogen-bond acceptors (Lipinski definition) is 6. The van der Waals surface area contributed by atoms with Crippen LogP contribution in [0.1, 0.15) is 47.5 Å². The molecule has 0 unspecified atom stereocenters. The number of allylic oxidation sites excluding steroid dienone is 1. The molecule has 0 radical (unpaired) electrons. The van der Waals surface area contributed by atoms with Gasteiger partial charge in [-0.1, -0.05) is 32.9 Å². The first kappa shape index (κ1) is 22.8. The van der Waals surface area contributed by atoms with Gasteiger partial charge < -0.3 is 30.0 Å². The molecule has 0 spiro atoms. The summed E-state index contributed by atoms with van der Waals surface area (Å²) in [5.41, 5.74) is -0.0899. The van der Waals surface area contributed by atoms with E-state index in [1.54, 1.807) is 19.9 Å². The summed E-state index contributed by atoms with van der Waals surface area (Å²) in [7, 11) is 1.38. The molecule has 28 heavy (non-hydrogen) atoms. The highest BCUT2D eigenvalue weighted by Crippen LogP contribution is 2.31. The third-order valence-corrected chi connectivity index (χ3v) is 4.71. The number of carbonyl (C=O) groups is 2. The van der Waals surface area contributed by atoms with Crippen molar-refractivity contribution in [3.05, 3.63) is 12.2 Å². The van der Waals surface area contributed by atoms with Crippen LogP contribution in [0.25, 0.3) is 0 Å². The molecule has 0 aliphatic carbocycles. The van der Waals surface area contributed by atoms with E-state index in [-0.39, 0.29) is 11.3 Å². The molecule has 0 aromatic carbocycles. The Bertz CT molecular complexity index is 598. The zero-order valence-electron chi connectivity index (χ0n) is 17.7. The number of ether oxygens (including phenoxy) is 3. The third-order valence-electron chi connectivity index (χ3n) is 4.71. The maximum atomic E-state index is 12.8. The van der Waals surface area contributed by atoms with E-state index in [1.807, 2.05) is 26.8 Å². The molecule has 8 nitrogen and oxygen atoms in total. The highest BCUT2D eigenvalue weighted by Gasteiger charge is 2.47. The highest BCUT2D eigenvalue weighted by atomic mass is 16.7. The molecule has 3 N–H and O–H groups in total. The minimum absolute atomic E-state index is 0.0899. The third kappa shape index (κ3) is 6.01. The van der Waals surface area contributed by atoms with Crippen LogP contribution in [0.5, 0.6) is 0 Å². The van der Waals surface area contributed by atoms with E-state index in [2.05, 4.69) is 10.6 Å². The van der Waals surface area contributed by atoms with Gasteiger partial charge in [0.2, 0.25) is 5.91 Å². The summed E-state index contributed by atoms with van der Waals surface area (Å²) in [6.07, 6.45) is 1.30. The molecule has 2 fully saturated rings. The van der Waals surface area contributed by atoms with E-state index < -0.39 is 42.2 Å². The van der Waals surface area contributed by atoms with Gasteiger partial charge in [0.1, 0.15) is 24.4 Å². The molecule has 2 aliphatic heterocycles. The molecular weight excluding hydrogens is 364 g/mol. The molecule has 0 aromatic rings. The Morgan fingerprint density at radius 3 is 2.64 bits per heavy atom. The number of piperidine rings is 1. The molecule has 8 heteroatoms. The number of amides is 2. The first-order chi connectivity index (χ1) is 12.9. The average Bonchev–Trinajstić information content (AvgIpc) is 2.58. The van der Waals surface area contributed by atoms with E-state index in [4.69, 9.17) is 14.2 Å². The van der Waals surface area contributed by atoms with Crippen LogP contribution in [0.15, 0.2) is 12.2 Å². The number of hydrogen-bond donors (Lipinski definition) is 3. The second-order valence-electron chi connectivity index (χ2n) is 8.93. The summed E-state index contributed by atoms with van der Waals surface area (Å²) in [6.45, 7) is 10.2. The molecule has 2 aliphatic rings. The zero-order chi connectivity index (χ0) is 21.1. The van der Waals surface area contributed by atoms with Crippen LogP contribution < -0.4 is 10.6 Å². The summed E-state index contributed by atoms with van der Waals surface area (Å²) in [5.74, 6) is -1.73. The van der Waals surface area contributed by atoms with Crippen LogP contribution in [-0.4, -0.2) is 66.8 Å². The number of rotatable bonds is 5. The monoisotopic (exact) mass is 398 g/mol. The van der Waals surface area contributed by atoms with Crippen LogP contribution in [-0.2, 0) is 23.8 Å². The van der Waals surface area contributed by atoms with Crippen molar-refractivity contribution in [2.45, 2.75) is 83.7 Å². The molecule has 0 aromatic heterocycles. The molecule has 0 saturated carbocycles. The zero-order valence-corrected chi connectivity index (χ0v) is 17.7. The van der Waals surface area contributed by atoms with E-state index in [0.29, 0.717) is 13.0 Å². The lowest BCUT2D eigenvalue weighted by Gasteiger charge is -2.45. The lowest BCUT2D eigenvalue weighted by atomic mass is 9.93. The van der Waals surface area contributed by atoms with Gasteiger partial charge in [-0.3, -0.25) is 9.59 Å². The van der Waals surface area contributed by atoms with Gasteiger partial charge in [-0.25, -0.2) is 0 Å². The fraction of sp³-hybridized carbons (Fsp3) is 0.800. The van der Waals surface area contributed by atoms with Crippen molar-refractivity contribution >= 4 is 11.8 Å².